The van der Waals surface area contributed by atoms with Crippen molar-refractivity contribution in [1.82, 2.24) is 5.32 Å². The van der Waals surface area contributed by atoms with Crippen molar-refractivity contribution in [2.24, 2.45) is 0 Å². The van der Waals surface area contributed by atoms with Crippen LogP contribution in [0.1, 0.15) is 25.3 Å². The van der Waals surface area contributed by atoms with Gasteiger partial charge in [0.2, 0.25) is 0 Å². The molecule has 1 heterocycles. The van der Waals surface area contributed by atoms with Gasteiger partial charge in [-0.3, -0.25) is 4.79 Å². The lowest BCUT2D eigenvalue weighted by Gasteiger charge is -2.13. The quantitative estimate of drug-likeness (QED) is 0.553. The number of hydrogen-bond donors (Lipinski definition) is 1. The molecule has 134 valence electrons. The number of ether oxygens (including phenoxy) is 3. The van der Waals surface area contributed by atoms with Gasteiger partial charge in [-0.15, -0.1) is 0 Å². The lowest BCUT2D eigenvalue weighted by Crippen LogP contribution is -2.32. The molecule has 1 atom stereocenters. The molecule has 0 aromatic heterocycles. The Hall–Kier alpha value is -2.04. The van der Waals surface area contributed by atoms with Gasteiger partial charge in [-0.05, 0) is 59.5 Å². The van der Waals surface area contributed by atoms with E-state index in [1.54, 1.807) is 12.1 Å². The predicted octanol–water partition coefficient (Wildman–Crippen LogP) is 3.06. The number of carbonyl (C=O) groups excluding carboxylic acids is 1. The Morgan fingerprint density at radius 2 is 2.36 bits per heavy atom. The van der Waals surface area contributed by atoms with Crippen LogP contribution in [0.5, 0.6) is 11.5 Å². The molecule has 0 saturated carbocycles. The molecule has 1 aliphatic heterocycles. The summed E-state index contributed by atoms with van der Waals surface area (Å²) in [5.41, 5.74) is 0.687. The second-order valence-electron chi connectivity index (χ2n) is 5.48. The number of rotatable bonds is 7. The Labute approximate surface area is 155 Å². The summed E-state index contributed by atoms with van der Waals surface area (Å²) in [6.07, 6.45) is 3.48. The summed E-state index contributed by atoms with van der Waals surface area (Å²) in [4.78, 5) is 12.2. The first-order valence-electron chi connectivity index (χ1n) is 8.11. The zero-order valence-corrected chi connectivity index (χ0v) is 15.9. The maximum absolute atomic E-state index is 12.2. The van der Waals surface area contributed by atoms with E-state index in [0.29, 0.717) is 34.7 Å². The van der Waals surface area contributed by atoms with E-state index >= 15 is 0 Å². The first kappa shape index (κ1) is 19.3. The van der Waals surface area contributed by atoms with Gasteiger partial charge in [-0.2, -0.15) is 5.26 Å². The van der Waals surface area contributed by atoms with E-state index < -0.39 is 5.91 Å². The van der Waals surface area contributed by atoms with Gasteiger partial charge >= 0.3 is 0 Å². The van der Waals surface area contributed by atoms with Crippen molar-refractivity contribution in [3.8, 4) is 17.6 Å². The molecule has 1 fully saturated rings. The average molecular weight is 409 g/mol. The highest BCUT2D eigenvalue weighted by atomic mass is 79.9. The monoisotopic (exact) mass is 408 g/mol. The molecule has 0 bridgehead atoms. The van der Waals surface area contributed by atoms with Crippen molar-refractivity contribution in [3.05, 3.63) is 27.7 Å². The summed E-state index contributed by atoms with van der Waals surface area (Å²) in [6.45, 7) is 3.51. The molecule has 6 nitrogen and oxygen atoms in total. The van der Waals surface area contributed by atoms with Crippen LogP contribution in [0.4, 0.5) is 0 Å². The molecule has 0 spiro atoms. The van der Waals surface area contributed by atoms with Gasteiger partial charge in [0.25, 0.3) is 5.91 Å². The predicted molar refractivity (Wildman–Crippen MR) is 97.4 cm³/mol. The summed E-state index contributed by atoms with van der Waals surface area (Å²) in [5.74, 6) is 0.699. The molecular formula is C18H21BrN2O4. The second-order valence-corrected chi connectivity index (χ2v) is 6.34. The van der Waals surface area contributed by atoms with Crippen LogP contribution in [-0.4, -0.2) is 38.9 Å². The minimum absolute atomic E-state index is 0.0242. The number of halogens is 1. The molecule has 1 aromatic rings. The highest BCUT2D eigenvalue weighted by Crippen LogP contribution is 2.37. The standard InChI is InChI=1S/C18H21BrN2O4/c1-3-24-17-15(19)8-12(9-16(17)23-2)7-13(10-20)18(22)21-11-14-5-4-6-25-14/h7-9,14H,3-6,11H2,1-2H3,(H,21,22)/b13-7+/t14-/m1/s1. The Balaban J connectivity index is 2.16. The van der Waals surface area contributed by atoms with Crippen LogP contribution in [0, 0.1) is 11.3 Å². The van der Waals surface area contributed by atoms with Crippen LogP contribution in [-0.2, 0) is 9.53 Å². The molecule has 25 heavy (non-hydrogen) atoms. The third kappa shape index (κ3) is 5.21. The van der Waals surface area contributed by atoms with E-state index in [1.165, 1.54) is 13.2 Å². The summed E-state index contributed by atoms with van der Waals surface area (Å²) >= 11 is 3.43. The molecule has 7 heteroatoms. The number of amides is 1. The molecule has 0 unspecified atom stereocenters. The molecule has 1 aliphatic rings. The number of methoxy groups -OCH3 is 1. The first-order chi connectivity index (χ1) is 12.1. The lowest BCUT2D eigenvalue weighted by atomic mass is 10.1. The van der Waals surface area contributed by atoms with Crippen molar-refractivity contribution < 1.29 is 19.0 Å². The van der Waals surface area contributed by atoms with Gasteiger partial charge in [0.15, 0.2) is 11.5 Å². The van der Waals surface area contributed by atoms with Gasteiger partial charge in [-0.25, -0.2) is 0 Å². The number of nitrogens with zero attached hydrogens (tertiary/aromatic N) is 1. The third-order valence-corrected chi connectivity index (χ3v) is 4.32. The number of nitrogens with one attached hydrogen (secondary N) is 1. The zero-order chi connectivity index (χ0) is 18.2. The fourth-order valence-electron chi connectivity index (χ4n) is 2.53. The van der Waals surface area contributed by atoms with Crippen molar-refractivity contribution >= 4 is 27.9 Å². The Morgan fingerprint density at radius 3 is 2.96 bits per heavy atom. The average Bonchev–Trinajstić information content (AvgIpc) is 3.13. The van der Waals surface area contributed by atoms with Crippen LogP contribution >= 0.6 is 15.9 Å². The van der Waals surface area contributed by atoms with E-state index in [4.69, 9.17) is 14.2 Å². The minimum Gasteiger partial charge on any atom is -0.493 e. The van der Waals surface area contributed by atoms with E-state index in [0.717, 1.165) is 19.4 Å². The van der Waals surface area contributed by atoms with Crippen LogP contribution < -0.4 is 14.8 Å². The second kappa shape index (κ2) is 9.44. The topological polar surface area (TPSA) is 80.6 Å². The van der Waals surface area contributed by atoms with Crippen molar-refractivity contribution in [1.29, 1.82) is 5.26 Å². The minimum atomic E-state index is -0.415. The zero-order valence-electron chi connectivity index (χ0n) is 14.3. The van der Waals surface area contributed by atoms with Crippen molar-refractivity contribution in [2.75, 3.05) is 26.9 Å². The van der Waals surface area contributed by atoms with Gasteiger partial charge in [0.1, 0.15) is 11.6 Å². The molecule has 1 aromatic carbocycles. The highest BCUT2D eigenvalue weighted by molar-refractivity contribution is 9.10. The maximum atomic E-state index is 12.2. The lowest BCUT2D eigenvalue weighted by molar-refractivity contribution is -0.117. The molecule has 1 amide bonds. The summed E-state index contributed by atoms with van der Waals surface area (Å²) in [7, 11) is 1.54. The van der Waals surface area contributed by atoms with Crippen molar-refractivity contribution in [3.63, 3.8) is 0 Å². The molecule has 1 saturated heterocycles. The van der Waals surface area contributed by atoms with E-state index in [9.17, 15) is 10.1 Å². The highest BCUT2D eigenvalue weighted by Gasteiger charge is 2.18. The van der Waals surface area contributed by atoms with Crippen LogP contribution in [0.15, 0.2) is 22.2 Å². The maximum Gasteiger partial charge on any atom is 0.262 e. The summed E-state index contributed by atoms with van der Waals surface area (Å²) < 4.78 is 17.0. The fraction of sp³-hybridized carbons (Fsp3) is 0.444. The smallest absolute Gasteiger partial charge is 0.262 e. The summed E-state index contributed by atoms with van der Waals surface area (Å²) in [6, 6.07) is 5.44. The largest absolute Gasteiger partial charge is 0.493 e. The fourth-order valence-corrected chi connectivity index (χ4v) is 3.10. The molecule has 1 N–H and O–H groups in total. The van der Waals surface area contributed by atoms with E-state index in [1.807, 2.05) is 13.0 Å². The number of carbonyl (C=O) groups is 1. The van der Waals surface area contributed by atoms with Crippen LogP contribution in [0.3, 0.4) is 0 Å². The third-order valence-electron chi connectivity index (χ3n) is 3.73. The van der Waals surface area contributed by atoms with E-state index in [2.05, 4.69) is 21.2 Å². The van der Waals surface area contributed by atoms with Crippen molar-refractivity contribution in [2.45, 2.75) is 25.9 Å². The molecule has 2 rings (SSSR count). The normalized spacial score (nSPS) is 17.0. The van der Waals surface area contributed by atoms with Gasteiger partial charge < -0.3 is 19.5 Å². The van der Waals surface area contributed by atoms with Gasteiger partial charge in [0.05, 0.1) is 24.3 Å². The number of nitriles is 1. The Kier molecular flexibility index (Phi) is 7.29. The number of benzene rings is 1. The molecule has 0 radical (unpaired) electrons. The van der Waals surface area contributed by atoms with Gasteiger partial charge in [-0.1, -0.05) is 0 Å². The molecule has 0 aliphatic carbocycles. The molecular weight excluding hydrogens is 388 g/mol. The SMILES string of the molecule is CCOc1c(Br)cc(/C=C(\C#N)C(=O)NC[C@H]2CCCO2)cc1OC. The van der Waals surface area contributed by atoms with E-state index in [-0.39, 0.29) is 11.7 Å². The Bertz CT molecular complexity index is 691. The van der Waals surface area contributed by atoms with Gasteiger partial charge in [0, 0.05) is 13.2 Å². The first-order valence-corrected chi connectivity index (χ1v) is 8.90. The van der Waals surface area contributed by atoms with Crippen LogP contribution in [0.25, 0.3) is 6.08 Å². The Morgan fingerprint density at radius 1 is 1.56 bits per heavy atom. The summed E-state index contributed by atoms with van der Waals surface area (Å²) in [5, 5.41) is 12.1. The van der Waals surface area contributed by atoms with Crippen LogP contribution in [0.2, 0.25) is 0 Å². The number of hydrogen-bond acceptors (Lipinski definition) is 5.